The number of halogens is 4. The highest BCUT2D eigenvalue weighted by Crippen LogP contribution is 2.27. The third-order valence-electron chi connectivity index (χ3n) is 2.79. The van der Waals surface area contributed by atoms with Gasteiger partial charge >= 0.3 is 0 Å². The van der Waals surface area contributed by atoms with Gasteiger partial charge in [0, 0.05) is 17.0 Å². The lowest BCUT2D eigenvalue weighted by Crippen LogP contribution is -2.04. The van der Waals surface area contributed by atoms with Gasteiger partial charge in [-0.15, -0.1) is 0 Å². The Morgan fingerprint density at radius 1 is 1.00 bits per heavy atom. The summed E-state index contributed by atoms with van der Waals surface area (Å²) in [5.41, 5.74) is 0.522. The molecule has 0 aliphatic heterocycles. The van der Waals surface area contributed by atoms with E-state index in [2.05, 4.69) is 0 Å². The monoisotopic (exact) mass is 302 g/mol. The van der Waals surface area contributed by atoms with Crippen molar-refractivity contribution < 1.29 is 13.9 Å². The molecule has 1 unspecified atom stereocenters. The highest BCUT2D eigenvalue weighted by atomic mass is 35.5. The SMILES string of the molecule is OC(Cc1c(F)cccc1Cl)c1ccc(Cl)c(F)c1. The van der Waals surface area contributed by atoms with E-state index in [-0.39, 0.29) is 22.0 Å². The summed E-state index contributed by atoms with van der Waals surface area (Å²) in [7, 11) is 0. The lowest BCUT2D eigenvalue weighted by molar-refractivity contribution is 0.176. The van der Waals surface area contributed by atoms with E-state index in [1.165, 1.54) is 30.3 Å². The van der Waals surface area contributed by atoms with Crippen LogP contribution in [0.4, 0.5) is 8.78 Å². The van der Waals surface area contributed by atoms with Crippen LogP contribution in [0.25, 0.3) is 0 Å². The summed E-state index contributed by atoms with van der Waals surface area (Å²) in [4.78, 5) is 0. The van der Waals surface area contributed by atoms with Gasteiger partial charge in [-0.2, -0.15) is 0 Å². The molecule has 0 fully saturated rings. The average molecular weight is 303 g/mol. The van der Waals surface area contributed by atoms with Gasteiger partial charge in [0.2, 0.25) is 0 Å². The number of hydrogen-bond acceptors (Lipinski definition) is 1. The van der Waals surface area contributed by atoms with Gasteiger partial charge in [-0.25, -0.2) is 8.78 Å². The van der Waals surface area contributed by atoms with E-state index in [1.807, 2.05) is 0 Å². The molecule has 0 bridgehead atoms. The van der Waals surface area contributed by atoms with E-state index in [4.69, 9.17) is 23.2 Å². The fourth-order valence-corrected chi connectivity index (χ4v) is 2.12. The fourth-order valence-electron chi connectivity index (χ4n) is 1.76. The van der Waals surface area contributed by atoms with Crippen molar-refractivity contribution >= 4 is 23.2 Å². The predicted molar refractivity (Wildman–Crippen MR) is 71.5 cm³/mol. The van der Waals surface area contributed by atoms with Crippen LogP contribution in [0.2, 0.25) is 10.0 Å². The third-order valence-corrected chi connectivity index (χ3v) is 3.45. The van der Waals surface area contributed by atoms with Crippen LogP contribution in [0.15, 0.2) is 36.4 Å². The molecule has 0 amide bonds. The van der Waals surface area contributed by atoms with Gasteiger partial charge in [0.1, 0.15) is 11.6 Å². The van der Waals surface area contributed by atoms with Crippen LogP contribution in [0, 0.1) is 11.6 Å². The van der Waals surface area contributed by atoms with Crippen molar-refractivity contribution in [2.24, 2.45) is 0 Å². The van der Waals surface area contributed by atoms with Crippen LogP contribution in [0.5, 0.6) is 0 Å². The number of hydrogen-bond donors (Lipinski definition) is 1. The number of aliphatic hydroxyl groups is 1. The smallest absolute Gasteiger partial charge is 0.142 e. The molecule has 0 saturated carbocycles. The summed E-state index contributed by atoms with van der Waals surface area (Å²) in [6.45, 7) is 0. The largest absolute Gasteiger partial charge is 0.388 e. The Balaban J connectivity index is 2.25. The van der Waals surface area contributed by atoms with Crippen molar-refractivity contribution in [3.8, 4) is 0 Å². The molecule has 1 N–H and O–H groups in total. The second kappa shape index (κ2) is 5.87. The van der Waals surface area contributed by atoms with Crippen LogP contribution in [0.3, 0.4) is 0 Å². The van der Waals surface area contributed by atoms with E-state index in [9.17, 15) is 13.9 Å². The van der Waals surface area contributed by atoms with Gasteiger partial charge in [-0.3, -0.25) is 0 Å². The molecule has 2 aromatic rings. The van der Waals surface area contributed by atoms with Gasteiger partial charge in [0.25, 0.3) is 0 Å². The molecule has 5 heteroatoms. The molecule has 0 spiro atoms. The second-order valence-electron chi connectivity index (χ2n) is 4.09. The molecular weight excluding hydrogens is 293 g/mol. The Kier molecular flexibility index (Phi) is 4.40. The summed E-state index contributed by atoms with van der Waals surface area (Å²) in [6.07, 6.45) is -1.09. The van der Waals surface area contributed by atoms with Crippen LogP contribution < -0.4 is 0 Å². The topological polar surface area (TPSA) is 20.2 Å². The second-order valence-corrected chi connectivity index (χ2v) is 4.91. The van der Waals surface area contributed by atoms with Crippen LogP contribution in [0.1, 0.15) is 17.2 Å². The molecule has 1 nitrogen and oxygen atoms in total. The first-order valence-electron chi connectivity index (χ1n) is 5.55. The zero-order chi connectivity index (χ0) is 14.0. The van der Waals surface area contributed by atoms with E-state index >= 15 is 0 Å². The summed E-state index contributed by atoms with van der Waals surface area (Å²) in [5, 5.41) is 10.2. The van der Waals surface area contributed by atoms with Crippen LogP contribution in [-0.4, -0.2) is 5.11 Å². The molecular formula is C14H10Cl2F2O. The molecule has 0 radical (unpaired) electrons. The fraction of sp³-hybridized carbons (Fsp3) is 0.143. The Morgan fingerprint density at radius 3 is 2.37 bits per heavy atom. The Labute approximate surface area is 119 Å². The maximum Gasteiger partial charge on any atom is 0.142 e. The predicted octanol–water partition coefficient (Wildman–Crippen LogP) is 4.55. The summed E-state index contributed by atoms with van der Waals surface area (Å²) in [6, 6.07) is 8.24. The van der Waals surface area contributed by atoms with Crippen LogP contribution >= 0.6 is 23.2 Å². The van der Waals surface area contributed by atoms with E-state index in [0.29, 0.717) is 5.56 Å². The molecule has 0 heterocycles. The minimum absolute atomic E-state index is 0.0279. The van der Waals surface area contributed by atoms with Gasteiger partial charge < -0.3 is 5.11 Å². The van der Waals surface area contributed by atoms with Gasteiger partial charge in [-0.1, -0.05) is 35.3 Å². The zero-order valence-corrected chi connectivity index (χ0v) is 11.2. The Hall–Kier alpha value is -1.16. The molecule has 2 aromatic carbocycles. The van der Waals surface area contributed by atoms with Gasteiger partial charge in [0.05, 0.1) is 11.1 Å². The average Bonchev–Trinajstić information content (AvgIpc) is 2.37. The van der Waals surface area contributed by atoms with Crippen molar-refractivity contribution in [3.05, 3.63) is 69.2 Å². The molecule has 19 heavy (non-hydrogen) atoms. The number of rotatable bonds is 3. The summed E-state index contributed by atoms with van der Waals surface area (Å²) < 4.78 is 26.9. The summed E-state index contributed by atoms with van der Waals surface area (Å²) in [5.74, 6) is -1.13. The summed E-state index contributed by atoms with van der Waals surface area (Å²) >= 11 is 11.4. The van der Waals surface area contributed by atoms with Crippen molar-refractivity contribution in [1.82, 2.24) is 0 Å². The lowest BCUT2D eigenvalue weighted by Gasteiger charge is -2.13. The Bertz CT molecular complexity index is 582. The lowest BCUT2D eigenvalue weighted by atomic mass is 10.0. The van der Waals surface area contributed by atoms with E-state index in [1.54, 1.807) is 0 Å². The maximum absolute atomic E-state index is 13.6. The van der Waals surface area contributed by atoms with E-state index in [0.717, 1.165) is 6.07 Å². The highest BCUT2D eigenvalue weighted by Gasteiger charge is 2.15. The molecule has 1 atom stereocenters. The Morgan fingerprint density at radius 2 is 1.74 bits per heavy atom. The maximum atomic E-state index is 13.6. The minimum atomic E-state index is -1.05. The van der Waals surface area contributed by atoms with Crippen molar-refractivity contribution in [1.29, 1.82) is 0 Å². The molecule has 100 valence electrons. The van der Waals surface area contributed by atoms with Gasteiger partial charge in [0.15, 0.2) is 0 Å². The standard InChI is InChI=1S/C14H10Cl2F2O/c15-10-2-1-3-12(17)9(10)7-14(19)8-4-5-11(16)13(18)6-8/h1-6,14,19H,7H2. The zero-order valence-electron chi connectivity index (χ0n) is 9.71. The molecule has 0 aromatic heterocycles. The highest BCUT2D eigenvalue weighted by molar-refractivity contribution is 6.31. The van der Waals surface area contributed by atoms with Gasteiger partial charge in [-0.05, 0) is 29.8 Å². The number of aliphatic hydroxyl groups excluding tert-OH is 1. The molecule has 0 aliphatic rings. The van der Waals surface area contributed by atoms with Crippen molar-refractivity contribution in [3.63, 3.8) is 0 Å². The third kappa shape index (κ3) is 3.24. The first-order chi connectivity index (χ1) is 8.99. The molecule has 0 saturated heterocycles. The van der Waals surface area contributed by atoms with E-state index < -0.39 is 17.7 Å². The quantitative estimate of drug-likeness (QED) is 0.882. The van der Waals surface area contributed by atoms with Crippen LogP contribution in [-0.2, 0) is 6.42 Å². The molecule has 2 rings (SSSR count). The molecule has 0 aliphatic carbocycles. The normalized spacial score (nSPS) is 12.5. The number of benzene rings is 2. The van der Waals surface area contributed by atoms with Crippen molar-refractivity contribution in [2.45, 2.75) is 12.5 Å². The van der Waals surface area contributed by atoms with Crippen molar-refractivity contribution in [2.75, 3.05) is 0 Å². The first-order valence-corrected chi connectivity index (χ1v) is 6.30. The minimum Gasteiger partial charge on any atom is -0.388 e. The first kappa shape index (κ1) is 14.3.